The molecule has 4 aromatic rings. The van der Waals surface area contributed by atoms with E-state index in [9.17, 15) is 14.9 Å². The van der Waals surface area contributed by atoms with Crippen LogP contribution in [0.15, 0.2) is 85.1 Å². The first-order valence-corrected chi connectivity index (χ1v) is 9.94. The summed E-state index contributed by atoms with van der Waals surface area (Å²) in [5.41, 5.74) is 1.48. The van der Waals surface area contributed by atoms with Crippen LogP contribution in [0.25, 0.3) is 10.9 Å². The average Bonchev–Trinajstić information content (AvgIpc) is 2.81. The number of hydrogen-bond donors (Lipinski definition) is 2. The van der Waals surface area contributed by atoms with Crippen molar-refractivity contribution in [3.63, 3.8) is 0 Å². The summed E-state index contributed by atoms with van der Waals surface area (Å²) in [5.74, 6) is 0.896. The van der Waals surface area contributed by atoms with E-state index >= 15 is 0 Å². The maximum absolute atomic E-state index is 12.5. The number of hydrogen-bond acceptors (Lipinski definition) is 6. The van der Waals surface area contributed by atoms with Crippen LogP contribution in [0.1, 0.15) is 6.92 Å². The minimum atomic E-state index is -0.621. The van der Waals surface area contributed by atoms with E-state index in [-0.39, 0.29) is 17.3 Å². The van der Waals surface area contributed by atoms with Crippen LogP contribution in [0.2, 0.25) is 0 Å². The van der Waals surface area contributed by atoms with Crippen LogP contribution < -0.4 is 15.4 Å². The van der Waals surface area contributed by atoms with Gasteiger partial charge in [0.2, 0.25) is 5.91 Å². The maximum Gasteiger partial charge on any atom is 0.292 e. The fourth-order valence-corrected chi connectivity index (χ4v) is 3.20. The zero-order chi connectivity index (χ0) is 22.5. The van der Waals surface area contributed by atoms with Crippen molar-refractivity contribution in [2.75, 3.05) is 10.6 Å². The topological polar surface area (TPSA) is 106 Å². The Morgan fingerprint density at radius 3 is 2.53 bits per heavy atom. The third-order valence-corrected chi connectivity index (χ3v) is 4.81. The number of para-hydroxylation sites is 3. The summed E-state index contributed by atoms with van der Waals surface area (Å²) in [6.45, 7) is 1.68. The van der Waals surface area contributed by atoms with Gasteiger partial charge in [-0.05, 0) is 49.4 Å². The van der Waals surface area contributed by atoms with Crippen LogP contribution in [-0.2, 0) is 4.79 Å². The second-order valence-electron chi connectivity index (χ2n) is 7.09. The van der Waals surface area contributed by atoms with Crippen LogP contribution in [0.3, 0.4) is 0 Å². The Bertz CT molecular complexity index is 1270. The molecule has 0 aliphatic heterocycles. The predicted octanol–water partition coefficient (Wildman–Crippen LogP) is 5.37. The molecule has 2 N–H and O–H groups in total. The second kappa shape index (κ2) is 9.13. The summed E-state index contributed by atoms with van der Waals surface area (Å²) in [6, 6.07) is 22.1. The number of carbonyl (C=O) groups is 1. The minimum absolute atomic E-state index is 0.155. The molecule has 32 heavy (non-hydrogen) atoms. The molecule has 0 saturated heterocycles. The molecule has 1 atom stereocenters. The van der Waals surface area contributed by atoms with Crippen molar-refractivity contribution in [3.8, 4) is 11.5 Å². The average molecular weight is 428 g/mol. The fraction of sp³-hybridized carbons (Fsp3) is 0.0833. The number of carbonyl (C=O) groups excluding carboxylic acids is 1. The number of nitro groups is 1. The molecule has 8 nitrogen and oxygen atoms in total. The highest BCUT2D eigenvalue weighted by molar-refractivity contribution is 5.98. The van der Waals surface area contributed by atoms with Gasteiger partial charge in [-0.1, -0.05) is 30.3 Å². The van der Waals surface area contributed by atoms with Gasteiger partial charge in [-0.2, -0.15) is 0 Å². The smallest absolute Gasteiger partial charge is 0.292 e. The number of ether oxygens (including phenoxy) is 1. The summed E-state index contributed by atoms with van der Waals surface area (Å²) in [6.07, 6.45) is 1.72. The van der Waals surface area contributed by atoms with E-state index in [1.54, 1.807) is 49.5 Å². The highest BCUT2D eigenvalue weighted by Gasteiger charge is 2.18. The highest BCUT2D eigenvalue weighted by Crippen LogP contribution is 2.29. The number of nitrogens with zero attached hydrogens (tertiary/aromatic N) is 2. The summed E-state index contributed by atoms with van der Waals surface area (Å²) in [5, 5.41) is 17.8. The molecule has 0 spiro atoms. The monoisotopic (exact) mass is 428 g/mol. The Labute approximate surface area is 184 Å². The molecule has 4 rings (SSSR count). The van der Waals surface area contributed by atoms with Crippen molar-refractivity contribution >= 4 is 33.9 Å². The van der Waals surface area contributed by atoms with Crippen molar-refractivity contribution < 1.29 is 14.5 Å². The van der Waals surface area contributed by atoms with E-state index in [0.717, 1.165) is 10.9 Å². The molecule has 1 aromatic heterocycles. The van der Waals surface area contributed by atoms with Crippen LogP contribution in [0.5, 0.6) is 11.5 Å². The Morgan fingerprint density at radius 2 is 1.75 bits per heavy atom. The van der Waals surface area contributed by atoms with Crippen LogP contribution in [0, 0.1) is 10.1 Å². The number of rotatable bonds is 7. The number of anilines is 2. The number of aromatic nitrogens is 1. The second-order valence-corrected chi connectivity index (χ2v) is 7.09. The molecule has 0 aliphatic carbocycles. The van der Waals surface area contributed by atoms with E-state index in [2.05, 4.69) is 15.6 Å². The molecular formula is C24H20N4O4. The summed E-state index contributed by atoms with van der Waals surface area (Å²) < 4.78 is 5.98. The number of nitro benzene ring substituents is 1. The van der Waals surface area contributed by atoms with E-state index in [4.69, 9.17) is 4.74 Å². The molecule has 160 valence electrons. The van der Waals surface area contributed by atoms with Crippen LogP contribution in [0.4, 0.5) is 17.1 Å². The van der Waals surface area contributed by atoms with E-state index in [0.29, 0.717) is 17.2 Å². The number of amides is 1. The summed E-state index contributed by atoms with van der Waals surface area (Å²) in [4.78, 5) is 27.5. The van der Waals surface area contributed by atoms with E-state index in [1.807, 2.05) is 30.3 Å². The lowest BCUT2D eigenvalue weighted by Gasteiger charge is -2.16. The molecule has 0 bridgehead atoms. The quantitative estimate of drug-likeness (QED) is 0.303. The molecule has 0 fully saturated rings. The molecule has 3 aromatic carbocycles. The van der Waals surface area contributed by atoms with Gasteiger partial charge in [-0.15, -0.1) is 0 Å². The third kappa shape index (κ3) is 4.65. The van der Waals surface area contributed by atoms with Gasteiger partial charge in [-0.3, -0.25) is 19.9 Å². The highest BCUT2D eigenvalue weighted by atomic mass is 16.6. The third-order valence-electron chi connectivity index (χ3n) is 4.81. The summed E-state index contributed by atoms with van der Waals surface area (Å²) in [7, 11) is 0. The van der Waals surface area contributed by atoms with Crippen molar-refractivity contribution in [2.45, 2.75) is 13.0 Å². The lowest BCUT2D eigenvalue weighted by atomic mass is 10.2. The van der Waals surface area contributed by atoms with Gasteiger partial charge >= 0.3 is 0 Å². The fourth-order valence-electron chi connectivity index (χ4n) is 3.20. The van der Waals surface area contributed by atoms with Gasteiger partial charge < -0.3 is 15.4 Å². The lowest BCUT2D eigenvalue weighted by Crippen LogP contribution is -2.32. The van der Waals surface area contributed by atoms with Gasteiger partial charge in [-0.25, -0.2) is 0 Å². The number of pyridine rings is 1. The van der Waals surface area contributed by atoms with Gasteiger partial charge in [0.25, 0.3) is 5.69 Å². The van der Waals surface area contributed by atoms with Gasteiger partial charge in [0, 0.05) is 23.3 Å². The molecule has 0 aliphatic rings. The lowest BCUT2D eigenvalue weighted by molar-refractivity contribution is -0.383. The maximum atomic E-state index is 12.5. The van der Waals surface area contributed by atoms with E-state index in [1.165, 1.54) is 12.1 Å². The zero-order valence-corrected chi connectivity index (χ0v) is 17.2. The normalized spacial score (nSPS) is 11.5. The standard InChI is InChI=1S/C24H20N4O4/c1-16(24(29)27-20-8-2-3-9-21(20)28(30)31)26-18-11-13-19(14-12-18)32-22-10-4-6-17-7-5-15-25-23(17)22/h2-16,26H,1H3,(H,27,29). The summed E-state index contributed by atoms with van der Waals surface area (Å²) >= 11 is 0. The van der Waals surface area contributed by atoms with E-state index < -0.39 is 11.0 Å². The molecular weight excluding hydrogens is 408 g/mol. The van der Waals surface area contributed by atoms with Crippen molar-refractivity contribution in [3.05, 3.63) is 95.2 Å². The van der Waals surface area contributed by atoms with Gasteiger partial charge in [0.1, 0.15) is 23.0 Å². The largest absolute Gasteiger partial charge is 0.455 e. The molecule has 0 radical (unpaired) electrons. The Morgan fingerprint density at radius 1 is 1.00 bits per heavy atom. The number of fused-ring (bicyclic) bond motifs is 1. The Hall–Kier alpha value is -4.46. The zero-order valence-electron chi connectivity index (χ0n) is 17.2. The Balaban J connectivity index is 1.41. The first-order valence-electron chi connectivity index (χ1n) is 9.94. The Kier molecular flexibility index (Phi) is 5.94. The molecule has 1 heterocycles. The SMILES string of the molecule is CC(Nc1ccc(Oc2cccc3cccnc23)cc1)C(=O)Nc1ccccc1[N+](=O)[O-]. The molecule has 0 saturated carbocycles. The first-order chi connectivity index (χ1) is 15.5. The van der Waals surface area contributed by atoms with Crippen LogP contribution in [-0.4, -0.2) is 21.9 Å². The molecule has 1 amide bonds. The van der Waals surface area contributed by atoms with Gasteiger partial charge in [0.15, 0.2) is 5.75 Å². The molecule has 8 heteroatoms. The minimum Gasteiger partial charge on any atom is -0.455 e. The predicted molar refractivity (Wildman–Crippen MR) is 123 cm³/mol. The first kappa shape index (κ1) is 20.8. The molecule has 1 unspecified atom stereocenters. The van der Waals surface area contributed by atoms with Crippen molar-refractivity contribution in [1.29, 1.82) is 0 Å². The number of nitrogens with one attached hydrogen (secondary N) is 2. The van der Waals surface area contributed by atoms with Gasteiger partial charge in [0.05, 0.1) is 4.92 Å². The van der Waals surface area contributed by atoms with Crippen LogP contribution >= 0.6 is 0 Å². The van der Waals surface area contributed by atoms with Crippen molar-refractivity contribution in [1.82, 2.24) is 4.98 Å². The number of benzene rings is 3. The van der Waals surface area contributed by atoms with Crippen molar-refractivity contribution in [2.24, 2.45) is 0 Å².